The van der Waals surface area contributed by atoms with Crippen LogP contribution >= 0.6 is 11.3 Å². The molecule has 0 radical (unpaired) electrons. The maximum absolute atomic E-state index is 12.7. The fourth-order valence-electron chi connectivity index (χ4n) is 2.93. The molecule has 1 amide bonds. The number of carbonyl (C=O) groups is 1. The molecule has 1 saturated heterocycles. The van der Waals surface area contributed by atoms with Gasteiger partial charge in [-0.25, -0.2) is 0 Å². The van der Waals surface area contributed by atoms with E-state index in [9.17, 15) is 4.79 Å². The molecule has 2 unspecified atom stereocenters. The van der Waals surface area contributed by atoms with Gasteiger partial charge in [0.25, 0.3) is 0 Å². The maximum Gasteiger partial charge on any atom is 0.241 e. The summed E-state index contributed by atoms with van der Waals surface area (Å²) in [5.41, 5.74) is 0. The summed E-state index contributed by atoms with van der Waals surface area (Å²) >= 11 is 1.80. The van der Waals surface area contributed by atoms with E-state index in [4.69, 9.17) is 0 Å². The van der Waals surface area contributed by atoms with E-state index >= 15 is 0 Å². The number of thiophene rings is 1. The predicted octanol–water partition coefficient (Wildman–Crippen LogP) is 3.31. The number of nitrogens with one attached hydrogen (secondary N) is 1. The molecule has 1 saturated carbocycles. The molecule has 110 valence electrons. The molecule has 0 bridgehead atoms. The first kappa shape index (κ1) is 14.1. The summed E-state index contributed by atoms with van der Waals surface area (Å²) < 4.78 is 0. The van der Waals surface area contributed by atoms with Gasteiger partial charge >= 0.3 is 0 Å². The van der Waals surface area contributed by atoms with Crippen LogP contribution in [0.2, 0.25) is 0 Å². The van der Waals surface area contributed by atoms with Gasteiger partial charge in [0.1, 0.15) is 6.17 Å². The molecule has 1 N–H and O–H groups in total. The average molecular weight is 292 g/mol. The third kappa shape index (κ3) is 2.91. The van der Waals surface area contributed by atoms with Gasteiger partial charge in [0.15, 0.2) is 0 Å². The summed E-state index contributed by atoms with van der Waals surface area (Å²) in [7, 11) is 0. The Morgan fingerprint density at radius 2 is 2.15 bits per heavy atom. The summed E-state index contributed by atoms with van der Waals surface area (Å²) in [6.45, 7) is 7.43. The van der Waals surface area contributed by atoms with Gasteiger partial charge in [0.2, 0.25) is 5.91 Å². The van der Waals surface area contributed by atoms with Gasteiger partial charge < -0.3 is 4.90 Å². The van der Waals surface area contributed by atoms with Crippen molar-refractivity contribution in [3.05, 3.63) is 21.9 Å². The number of carbonyl (C=O) groups excluding carboxylic acids is 1. The highest BCUT2D eigenvalue weighted by Gasteiger charge is 2.42. The molecule has 3 nitrogen and oxygen atoms in total. The number of rotatable bonds is 5. The Morgan fingerprint density at radius 1 is 1.40 bits per heavy atom. The largest absolute Gasteiger partial charge is 0.320 e. The van der Waals surface area contributed by atoms with Crippen molar-refractivity contribution in [1.82, 2.24) is 10.2 Å². The molecule has 0 spiro atoms. The fraction of sp³-hybridized carbons (Fsp3) is 0.688. The topological polar surface area (TPSA) is 32.3 Å². The van der Waals surface area contributed by atoms with E-state index in [0.29, 0.717) is 11.8 Å². The lowest BCUT2D eigenvalue weighted by Crippen LogP contribution is -2.33. The molecule has 20 heavy (non-hydrogen) atoms. The van der Waals surface area contributed by atoms with Gasteiger partial charge in [-0.1, -0.05) is 13.8 Å². The summed E-state index contributed by atoms with van der Waals surface area (Å²) in [6, 6.07) is 4.32. The van der Waals surface area contributed by atoms with Crippen LogP contribution in [0.25, 0.3) is 0 Å². The third-order valence-electron chi connectivity index (χ3n) is 4.14. The van der Waals surface area contributed by atoms with Gasteiger partial charge in [-0.15, -0.1) is 11.3 Å². The smallest absolute Gasteiger partial charge is 0.241 e. The fourth-order valence-corrected chi connectivity index (χ4v) is 3.88. The van der Waals surface area contributed by atoms with Crippen molar-refractivity contribution in [3.8, 4) is 0 Å². The van der Waals surface area contributed by atoms with E-state index in [1.807, 2.05) is 0 Å². The van der Waals surface area contributed by atoms with Crippen LogP contribution in [0.1, 0.15) is 49.0 Å². The van der Waals surface area contributed by atoms with Gasteiger partial charge in [-0.2, -0.15) is 0 Å². The van der Waals surface area contributed by atoms with Crippen LogP contribution in [0.5, 0.6) is 0 Å². The lowest BCUT2D eigenvalue weighted by atomic mass is 10.0. The second-order valence-corrected chi connectivity index (χ2v) is 7.95. The minimum atomic E-state index is 0.00107. The molecular weight excluding hydrogens is 268 g/mol. The molecule has 1 aliphatic heterocycles. The Bertz CT molecular complexity index is 492. The number of hydrogen-bond acceptors (Lipinski definition) is 3. The SMILES string of the molecule is Cc1ccc(C2NC(CC(C)C)C(=O)N2CC2CC2)s1. The van der Waals surface area contributed by atoms with E-state index < -0.39 is 0 Å². The van der Waals surface area contributed by atoms with Gasteiger partial charge in [-0.05, 0) is 50.2 Å². The number of nitrogens with zero attached hydrogens (tertiary/aromatic N) is 1. The molecule has 1 aromatic heterocycles. The van der Waals surface area contributed by atoms with Crippen LogP contribution in [0.4, 0.5) is 0 Å². The number of hydrogen-bond donors (Lipinski definition) is 1. The first-order valence-corrected chi connectivity index (χ1v) is 8.49. The molecule has 1 aliphatic carbocycles. The van der Waals surface area contributed by atoms with Crippen molar-refractivity contribution in [2.75, 3.05) is 6.54 Å². The minimum absolute atomic E-state index is 0.00107. The van der Waals surface area contributed by atoms with Crippen LogP contribution in [0.15, 0.2) is 12.1 Å². The zero-order chi connectivity index (χ0) is 14.3. The van der Waals surface area contributed by atoms with Crippen LogP contribution < -0.4 is 5.32 Å². The Hall–Kier alpha value is -0.870. The highest BCUT2D eigenvalue weighted by Crippen LogP contribution is 2.37. The van der Waals surface area contributed by atoms with E-state index in [1.54, 1.807) is 11.3 Å². The zero-order valence-corrected chi connectivity index (χ0v) is 13.4. The Labute approximate surface area is 125 Å². The van der Waals surface area contributed by atoms with Crippen molar-refractivity contribution in [2.45, 2.75) is 52.2 Å². The van der Waals surface area contributed by atoms with Crippen molar-refractivity contribution < 1.29 is 4.79 Å². The summed E-state index contributed by atoms with van der Waals surface area (Å²) in [5.74, 6) is 1.59. The van der Waals surface area contributed by atoms with Crippen molar-refractivity contribution in [2.24, 2.45) is 11.8 Å². The van der Waals surface area contributed by atoms with E-state index in [2.05, 4.69) is 43.1 Å². The number of amides is 1. The van der Waals surface area contributed by atoms with Gasteiger partial charge in [-0.3, -0.25) is 10.1 Å². The van der Waals surface area contributed by atoms with E-state index in [1.165, 1.54) is 22.6 Å². The molecule has 2 aliphatic rings. The highest BCUT2D eigenvalue weighted by atomic mass is 32.1. The van der Waals surface area contributed by atoms with Crippen molar-refractivity contribution in [3.63, 3.8) is 0 Å². The Kier molecular flexibility index (Phi) is 3.87. The first-order valence-electron chi connectivity index (χ1n) is 7.67. The molecule has 1 aromatic rings. The highest BCUT2D eigenvalue weighted by molar-refractivity contribution is 7.12. The quantitative estimate of drug-likeness (QED) is 0.903. The van der Waals surface area contributed by atoms with Crippen LogP contribution in [0, 0.1) is 18.8 Å². The van der Waals surface area contributed by atoms with E-state index in [-0.39, 0.29) is 12.2 Å². The summed E-state index contributed by atoms with van der Waals surface area (Å²) in [6.07, 6.45) is 3.61. The van der Waals surface area contributed by atoms with Crippen LogP contribution in [0.3, 0.4) is 0 Å². The number of aryl methyl sites for hydroxylation is 1. The molecule has 2 heterocycles. The Balaban J connectivity index is 1.79. The zero-order valence-electron chi connectivity index (χ0n) is 12.6. The van der Waals surface area contributed by atoms with Gasteiger partial charge in [0.05, 0.1) is 6.04 Å². The summed E-state index contributed by atoms with van der Waals surface area (Å²) in [4.78, 5) is 17.3. The minimum Gasteiger partial charge on any atom is -0.320 e. The predicted molar refractivity (Wildman–Crippen MR) is 82.6 cm³/mol. The first-order chi connectivity index (χ1) is 9.54. The molecule has 2 atom stereocenters. The van der Waals surface area contributed by atoms with Crippen LogP contribution in [-0.2, 0) is 4.79 Å². The third-order valence-corrected chi connectivity index (χ3v) is 5.19. The normalized spacial score (nSPS) is 26.8. The lowest BCUT2D eigenvalue weighted by molar-refractivity contribution is -0.130. The van der Waals surface area contributed by atoms with Crippen LogP contribution in [-0.4, -0.2) is 23.4 Å². The second-order valence-electron chi connectivity index (χ2n) is 6.63. The molecule has 4 heteroatoms. The monoisotopic (exact) mass is 292 g/mol. The van der Waals surface area contributed by atoms with Gasteiger partial charge in [0, 0.05) is 16.3 Å². The second kappa shape index (κ2) is 5.49. The molecule has 0 aromatic carbocycles. The maximum atomic E-state index is 12.7. The van der Waals surface area contributed by atoms with Crippen molar-refractivity contribution >= 4 is 17.2 Å². The lowest BCUT2D eigenvalue weighted by Gasteiger charge is -2.23. The molecule has 2 fully saturated rings. The molecule has 3 rings (SSSR count). The summed E-state index contributed by atoms with van der Waals surface area (Å²) in [5, 5.41) is 3.57. The average Bonchev–Trinajstić information content (AvgIpc) is 3.03. The standard InChI is InChI=1S/C16H24N2OS/c1-10(2)8-13-16(19)18(9-12-5-6-12)15(17-13)14-7-4-11(3)20-14/h4,7,10,12-13,15,17H,5-6,8-9H2,1-3H3. The Morgan fingerprint density at radius 3 is 2.70 bits per heavy atom. The van der Waals surface area contributed by atoms with E-state index in [0.717, 1.165) is 18.9 Å². The van der Waals surface area contributed by atoms with Crippen molar-refractivity contribution in [1.29, 1.82) is 0 Å². The molecular formula is C16H24N2OS.